The molecule has 0 fully saturated rings. The minimum atomic E-state index is -3.94. The highest BCUT2D eigenvalue weighted by atomic mass is 32.2. The van der Waals surface area contributed by atoms with Crippen LogP contribution in [0.5, 0.6) is 5.75 Å². The maximum Gasteiger partial charge on any atom is 0.261 e. The smallest absolute Gasteiger partial charge is 0.261 e. The lowest BCUT2D eigenvalue weighted by Crippen LogP contribution is -2.32. The topological polar surface area (TPSA) is 84.4 Å². The van der Waals surface area contributed by atoms with Gasteiger partial charge in [-0.2, -0.15) is 0 Å². The number of hydrogen-bond acceptors (Lipinski definition) is 6. The molecule has 216 valence electrons. The Morgan fingerprint density at radius 1 is 1.02 bits per heavy atom. The minimum absolute atomic E-state index is 0.0257. The molecule has 2 aromatic carbocycles. The molecular formula is C31H41FN4O3S. The number of nitrogens with zero attached hydrogens (tertiary/aromatic N) is 3. The largest absolute Gasteiger partial charge is 0.493 e. The number of nitrogens with one attached hydrogen (secondary N) is 1. The van der Waals surface area contributed by atoms with Gasteiger partial charge in [-0.1, -0.05) is 53.0 Å². The van der Waals surface area contributed by atoms with Crippen molar-refractivity contribution in [3.8, 4) is 5.75 Å². The van der Waals surface area contributed by atoms with Crippen LogP contribution < -0.4 is 9.46 Å². The third-order valence-corrected chi connectivity index (χ3v) is 8.62. The van der Waals surface area contributed by atoms with E-state index < -0.39 is 15.8 Å². The number of sulfonamides is 1. The number of fused-ring (bicyclic) bond motifs is 1. The summed E-state index contributed by atoms with van der Waals surface area (Å²) in [5.74, 6) is 0.550. The lowest BCUT2D eigenvalue weighted by atomic mass is 9.89. The zero-order valence-corrected chi connectivity index (χ0v) is 24.9. The van der Waals surface area contributed by atoms with Gasteiger partial charge in [0.05, 0.1) is 17.2 Å². The van der Waals surface area contributed by atoms with E-state index in [0.717, 1.165) is 80.7 Å². The van der Waals surface area contributed by atoms with Crippen molar-refractivity contribution in [3.63, 3.8) is 0 Å². The van der Waals surface area contributed by atoms with Crippen molar-refractivity contribution in [2.24, 2.45) is 0 Å². The number of hydrogen-bond donors (Lipinski definition) is 1. The molecule has 7 nitrogen and oxygen atoms in total. The number of halogens is 1. The zero-order valence-electron chi connectivity index (χ0n) is 24.0. The van der Waals surface area contributed by atoms with Crippen molar-refractivity contribution in [2.45, 2.75) is 83.1 Å². The van der Waals surface area contributed by atoms with E-state index in [1.165, 1.54) is 12.1 Å². The molecule has 40 heavy (non-hydrogen) atoms. The Kier molecular flexibility index (Phi) is 9.79. The third-order valence-electron chi connectivity index (χ3n) is 7.25. The van der Waals surface area contributed by atoms with Gasteiger partial charge < -0.3 is 4.74 Å². The van der Waals surface area contributed by atoms with Crippen molar-refractivity contribution in [1.82, 2.24) is 14.9 Å². The standard InChI is InChI=1S/C31H41FN4O3S/c1-5-6-7-8-17-39-26-10-12-29(28(32)19-26)35-40(37,38)27-11-9-24-22-36(15-13-23(24)18-27)16-14-30-33-20-25(21-34-30)31(2,3)4/h9-12,18-21,35H,5-8,13-17,22H2,1-4H3. The Hall–Kier alpha value is -3.04. The molecule has 0 saturated heterocycles. The predicted molar refractivity (Wildman–Crippen MR) is 157 cm³/mol. The summed E-state index contributed by atoms with van der Waals surface area (Å²) in [4.78, 5) is 11.5. The fourth-order valence-electron chi connectivity index (χ4n) is 4.67. The second kappa shape index (κ2) is 13.1. The Labute approximate surface area is 238 Å². The molecule has 0 amide bonds. The molecule has 0 radical (unpaired) electrons. The Bertz CT molecular complexity index is 1390. The lowest BCUT2D eigenvalue weighted by molar-refractivity contribution is 0.255. The van der Waals surface area contributed by atoms with Gasteiger partial charge in [-0.05, 0) is 59.2 Å². The van der Waals surface area contributed by atoms with Crippen LogP contribution in [-0.2, 0) is 34.8 Å². The van der Waals surface area contributed by atoms with Crippen LogP contribution in [0.1, 0.15) is 75.9 Å². The summed E-state index contributed by atoms with van der Waals surface area (Å²) in [6.07, 6.45) is 9.56. The van der Waals surface area contributed by atoms with E-state index in [0.29, 0.717) is 12.4 Å². The van der Waals surface area contributed by atoms with E-state index in [-0.39, 0.29) is 16.0 Å². The van der Waals surface area contributed by atoms with Gasteiger partial charge in [0, 0.05) is 44.5 Å². The zero-order chi connectivity index (χ0) is 28.8. The molecule has 0 saturated carbocycles. The molecule has 2 heterocycles. The number of anilines is 1. The number of aromatic nitrogens is 2. The second-order valence-electron chi connectivity index (χ2n) is 11.5. The first-order valence-corrected chi connectivity index (χ1v) is 15.6. The van der Waals surface area contributed by atoms with Gasteiger partial charge in [-0.25, -0.2) is 22.8 Å². The lowest BCUT2D eigenvalue weighted by Gasteiger charge is -2.29. The molecule has 0 bridgehead atoms. The second-order valence-corrected chi connectivity index (χ2v) is 13.2. The van der Waals surface area contributed by atoms with Crippen LogP contribution in [0, 0.1) is 5.82 Å². The number of ether oxygens (including phenoxy) is 1. The summed E-state index contributed by atoms with van der Waals surface area (Å²) in [5, 5.41) is 0. The first-order chi connectivity index (χ1) is 19.0. The quantitative estimate of drug-likeness (QED) is 0.259. The van der Waals surface area contributed by atoms with Crippen molar-refractivity contribution in [2.75, 3.05) is 24.4 Å². The van der Waals surface area contributed by atoms with Crippen molar-refractivity contribution < 1.29 is 17.5 Å². The van der Waals surface area contributed by atoms with E-state index in [4.69, 9.17) is 4.74 Å². The molecule has 3 aromatic rings. The fraction of sp³-hybridized carbons (Fsp3) is 0.484. The molecular weight excluding hydrogens is 527 g/mol. The summed E-state index contributed by atoms with van der Waals surface area (Å²) < 4.78 is 48.8. The molecule has 4 rings (SSSR count). The molecule has 0 unspecified atom stereocenters. The van der Waals surface area contributed by atoms with Crippen LogP contribution in [0.25, 0.3) is 0 Å². The average Bonchev–Trinajstić information content (AvgIpc) is 2.92. The summed E-state index contributed by atoms with van der Waals surface area (Å²) in [7, 11) is -3.94. The number of rotatable bonds is 12. The van der Waals surface area contributed by atoms with E-state index >= 15 is 0 Å². The third kappa shape index (κ3) is 8.01. The van der Waals surface area contributed by atoms with E-state index in [1.807, 2.05) is 18.5 Å². The van der Waals surface area contributed by atoms with E-state index in [1.54, 1.807) is 18.2 Å². The average molecular weight is 569 g/mol. The normalized spacial score (nSPS) is 14.1. The molecule has 0 atom stereocenters. The molecule has 1 aromatic heterocycles. The van der Waals surface area contributed by atoms with Crippen molar-refractivity contribution in [3.05, 3.63) is 77.1 Å². The summed E-state index contributed by atoms with van der Waals surface area (Å²) in [6, 6.07) is 9.37. The summed E-state index contributed by atoms with van der Waals surface area (Å²) in [6.45, 7) is 11.5. The molecule has 1 N–H and O–H groups in total. The van der Waals surface area contributed by atoms with Crippen molar-refractivity contribution >= 4 is 15.7 Å². The van der Waals surface area contributed by atoms with E-state index in [2.05, 4.69) is 47.3 Å². The maximum atomic E-state index is 14.7. The SMILES string of the molecule is CCCCCCOc1ccc(NS(=O)(=O)c2ccc3c(c2)CCN(CCc2ncc(C(C)(C)C)cn2)C3)c(F)c1. The Morgan fingerprint density at radius 2 is 1.80 bits per heavy atom. The summed E-state index contributed by atoms with van der Waals surface area (Å²) >= 11 is 0. The van der Waals surface area contributed by atoms with Gasteiger partial charge in [-0.3, -0.25) is 9.62 Å². The molecule has 9 heteroatoms. The van der Waals surface area contributed by atoms with Gasteiger partial charge in [0.1, 0.15) is 11.6 Å². The van der Waals surface area contributed by atoms with Crippen LogP contribution in [0.3, 0.4) is 0 Å². The van der Waals surface area contributed by atoms with Crippen LogP contribution in [0.4, 0.5) is 10.1 Å². The van der Waals surface area contributed by atoms with Crippen LogP contribution in [-0.4, -0.2) is 43.0 Å². The van der Waals surface area contributed by atoms with Gasteiger partial charge in [0.2, 0.25) is 0 Å². The monoisotopic (exact) mass is 568 g/mol. The fourth-order valence-corrected chi connectivity index (χ4v) is 5.78. The minimum Gasteiger partial charge on any atom is -0.493 e. The molecule has 0 aliphatic carbocycles. The van der Waals surface area contributed by atoms with Crippen LogP contribution in [0.15, 0.2) is 53.7 Å². The highest BCUT2D eigenvalue weighted by Gasteiger charge is 2.22. The van der Waals surface area contributed by atoms with Crippen LogP contribution >= 0.6 is 0 Å². The van der Waals surface area contributed by atoms with Crippen LogP contribution in [0.2, 0.25) is 0 Å². The Morgan fingerprint density at radius 3 is 2.50 bits per heavy atom. The first kappa shape index (κ1) is 29.9. The highest BCUT2D eigenvalue weighted by Crippen LogP contribution is 2.27. The van der Waals surface area contributed by atoms with Gasteiger partial charge in [0.15, 0.2) is 5.82 Å². The van der Waals surface area contributed by atoms with Gasteiger partial charge in [0.25, 0.3) is 10.0 Å². The number of unbranched alkanes of at least 4 members (excludes halogenated alkanes) is 3. The van der Waals surface area contributed by atoms with Gasteiger partial charge in [-0.15, -0.1) is 0 Å². The maximum absolute atomic E-state index is 14.7. The molecule has 1 aliphatic rings. The van der Waals surface area contributed by atoms with Gasteiger partial charge >= 0.3 is 0 Å². The molecule has 0 spiro atoms. The Balaban J connectivity index is 1.33. The first-order valence-electron chi connectivity index (χ1n) is 14.2. The number of benzene rings is 2. The van der Waals surface area contributed by atoms with Crippen molar-refractivity contribution in [1.29, 1.82) is 0 Å². The highest BCUT2D eigenvalue weighted by molar-refractivity contribution is 7.92. The molecule has 1 aliphatic heterocycles. The summed E-state index contributed by atoms with van der Waals surface area (Å²) in [5.41, 5.74) is 3.14. The predicted octanol–water partition coefficient (Wildman–Crippen LogP) is 6.27. The van der Waals surface area contributed by atoms with E-state index in [9.17, 15) is 12.8 Å².